The van der Waals surface area contributed by atoms with E-state index in [1.54, 1.807) is 24.1 Å². The van der Waals surface area contributed by atoms with Gasteiger partial charge in [0, 0.05) is 51.5 Å². The van der Waals surface area contributed by atoms with E-state index in [9.17, 15) is 19.8 Å². The van der Waals surface area contributed by atoms with Gasteiger partial charge in [0.05, 0.1) is 5.69 Å². The van der Waals surface area contributed by atoms with Crippen LogP contribution in [0.3, 0.4) is 0 Å². The number of hydrogen-bond donors (Lipinski definition) is 3. The zero-order valence-electron chi connectivity index (χ0n) is 30.2. The number of carbonyl (C=O) groups is 2. The number of fused-ring (bicyclic) bond motifs is 1. The van der Waals surface area contributed by atoms with Crippen LogP contribution in [0.25, 0.3) is 11.1 Å². The predicted molar refractivity (Wildman–Crippen MR) is 194 cm³/mol. The van der Waals surface area contributed by atoms with Crippen molar-refractivity contribution >= 4 is 23.4 Å². The maximum absolute atomic E-state index is 13.3. The van der Waals surface area contributed by atoms with E-state index in [0.717, 1.165) is 34.5 Å². The highest BCUT2D eigenvalue weighted by molar-refractivity contribution is 5.70. The minimum Gasteiger partial charge on any atom is -0.487 e. The molecular formula is C39H51N3O9. The number of aliphatic carboxylic acids is 1. The van der Waals surface area contributed by atoms with Crippen LogP contribution >= 0.6 is 0 Å². The molecule has 3 aromatic rings. The number of carboxylic acid groups (broad SMARTS) is 1. The first-order chi connectivity index (χ1) is 24.4. The van der Waals surface area contributed by atoms with Crippen molar-refractivity contribution in [3.63, 3.8) is 0 Å². The number of ether oxygens (including phenoxy) is 4. The Labute approximate surface area is 300 Å². The average Bonchev–Trinajstić information content (AvgIpc) is 3.11. The van der Waals surface area contributed by atoms with Gasteiger partial charge in [-0.05, 0) is 93.5 Å². The summed E-state index contributed by atoms with van der Waals surface area (Å²) in [6.07, 6.45) is -0.860. The van der Waals surface area contributed by atoms with Crippen LogP contribution in [0.15, 0.2) is 66.7 Å². The second-order valence-corrected chi connectivity index (χ2v) is 14.0. The van der Waals surface area contributed by atoms with Crippen LogP contribution in [0.5, 0.6) is 11.5 Å². The number of carboxylic acids is 1. The first-order valence-electron chi connectivity index (χ1n) is 17.6. The molecule has 1 saturated heterocycles. The molecule has 4 atom stereocenters. The number of carbonyl (C=O) groups excluding carboxylic acids is 1. The fourth-order valence-corrected chi connectivity index (χ4v) is 6.88. The fourth-order valence-electron chi connectivity index (χ4n) is 6.88. The lowest BCUT2D eigenvalue weighted by atomic mass is 9.78. The van der Waals surface area contributed by atoms with E-state index in [4.69, 9.17) is 24.1 Å². The second kappa shape index (κ2) is 16.7. The molecule has 5 rings (SSSR count). The van der Waals surface area contributed by atoms with Crippen molar-refractivity contribution in [3.8, 4) is 22.6 Å². The molecule has 0 saturated carbocycles. The van der Waals surface area contributed by atoms with Gasteiger partial charge in [0.25, 0.3) is 0 Å². The molecule has 0 aliphatic carbocycles. The van der Waals surface area contributed by atoms with Crippen molar-refractivity contribution in [2.45, 2.75) is 64.5 Å². The predicted octanol–water partition coefficient (Wildman–Crippen LogP) is 5.56. The van der Waals surface area contributed by atoms with Crippen molar-refractivity contribution in [2.24, 2.45) is 5.92 Å². The lowest BCUT2D eigenvalue weighted by Crippen LogP contribution is -2.53. The van der Waals surface area contributed by atoms with E-state index in [2.05, 4.69) is 12.1 Å². The van der Waals surface area contributed by atoms with Crippen LogP contribution in [0, 0.1) is 5.92 Å². The molecule has 12 heteroatoms. The van der Waals surface area contributed by atoms with Gasteiger partial charge in [0.2, 0.25) is 0 Å². The number of amides is 1. The van der Waals surface area contributed by atoms with Gasteiger partial charge in [-0.1, -0.05) is 36.4 Å². The molecule has 0 radical (unpaired) electrons. The first kappa shape index (κ1) is 37.7. The van der Waals surface area contributed by atoms with Crippen LogP contribution in [-0.2, 0) is 14.3 Å². The topological polar surface area (TPSA) is 141 Å². The Morgan fingerprint density at radius 3 is 2.51 bits per heavy atom. The highest BCUT2D eigenvalue weighted by Gasteiger charge is 2.40. The van der Waals surface area contributed by atoms with E-state index in [1.807, 2.05) is 80.0 Å². The third-order valence-corrected chi connectivity index (χ3v) is 9.30. The lowest BCUT2D eigenvalue weighted by Gasteiger charge is -2.45. The number of nitrogens with zero attached hydrogens (tertiary/aromatic N) is 3. The number of aliphatic hydroxyl groups is 2. The summed E-state index contributed by atoms with van der Waals surface area (Å²) in [4.78, 5) is 29.8. The molecule has 1 amide bonds. The molecule has 0 spiro atoms. The zero-order valence-corrected chi connectivity index (χ0v) is 30.2. The molecular weight excluding hydrogens is 654 g/mol. The van der Waals surface area contributed by atoms with Crippen LogP contribution in [0.4, 0.5) is 16.2 Å². The molecule has 2 aliphatic rings. The summed E-state index contributed by atoms with van der Waals surface area (Å²) in [5.41, 5.74) is 3.79. The van der Waals surface area contributed by atoms with Gasteiger partial charge in [0.15, 0.2) is 12.8 Å². The van der Waals surface area contributed by atoms with E-state index < -0.39 is 36.7 Å². The molecule has 276 valence electrons. The van der Waals surface area contributed by atoms with Gasteiger partial charge in [-0.15, -0.1) is 0 Å². The van der Waals surface area contributed by atoms with Gasteiger partial charge in [0.1, 0.15) is 29.9 Å². The maximum atomic E-state index is 13.3. The van der Waals surface area contributed by atoms with Crippen molar-refractivity contribution in [2.75, 3.05) is 62.9 Å². The summed E-state index contributed by atoms with van der Waals surface area (Å²) in [7, 11) is 1.65. The van der Waals surface area contributed by atoms with Gasteiger partial charge in [-0.2, -0.15) is 0 Å². The lowest BCUT2D eigenvalue weighted by molar-refractivity contribution is -0.139. The standard InChI is InChI=1S/C39H51N3O9/c1-6-41(29-13-16-34-33(22-29)42(18-8-20-48-5)35(43)24-50-34)37(46)32-23-40(38(47)51-39(2,3)4)19-17-31(32)28-10-7-9-27(21-28)26-11-14-30(15-12-26)49-25-36(44)45/h7,9-16,21-22,31-32,35,37,43,46H,6,8,17-20,23-25H2,1-5H3,(H,44,45)/t31-,32+,35?,37?/m1/s1. The Morgan fingerprint density at radius 2 is 1.82 bits per heavy atom. The van der Waals surface area contributed by atoms with Crippen molar-refractivity contribution in [1.29, 1.82) is 0 Å². The third kappa shape index (κ3) is 9.43. The highest BCUT2D eigenvalue weighted by Crippen LogP contribution is 2.41. The van der Waals surface area contributed by atoms with Crippen molar-refractivity contribution in [3.05, 3.63) is 72.3 Å². The summed E-state index contributed by atoms with van der Waals surface area (Å²) in [6, 6.07) is 21.2. The van der Waals surface area contributed by atoms with Gasteiger partial charge in [-0.25, -0.2) is 9.59 Å². The minimum absolute atomic E-state index is 0.0980. The molecule has 0 bridgehead atoms. The number of anilines is 2. The Morgan fingerprint density at radius 1 is 1.06 bits per heavy atom. The van der Waals surface area contributed by atoms with E-state index in [0.29, 0.717) is 44.2 Å². The number of aliphatic hydroxyl groups excluding tert-OH is 2. The summed E-state index contributed by atoms with van der Waals surface area (Å²) in [5.74, 6) is -0.390. The molecule has 3 N–H and O–H groups in total. The molecule has 51 heavy (non-hydrogen) atoms. The third-order valence-electron chi connectivity index (χ3n) is 9.30. The number of hydrogen-bond acceptors (Lipinski definition) is 10. The van der Waals surface area contributed by atoms with E-state index >= 15 is 0 Å². The van der Waals surface area contributed by atoms with Gasteiger partial charge in [-0.3, -0.25) is 0 Å². The largest absolute Gasteiger partial charge is 0.487 e. The van der Waals surface area contributed by atoms with Crippen molar-refractivity contribution < 1.29 is 43.9 Å². The van der Waals surface area contributed by atoms with Crippen molar-refractivity contribution in [1.82, 2.24) is 4.90 Å². The van der Waals surface area contributed by atoms with Crippen LogP contribution < -0.4 is 19.3 Å². The number of piperidine rings is 1. The highest BCUT2D eigenvalue weighted by atomic mass is 16.6. The Kier molecular flexibility index (Phi) is 12.3. The first-order valence-corrected chi connectivity index (χ1v) is 17.6. The summed E-state index contributed by atoms with van der Waals surface area (Å²) >= 11 is 0. The Hall–Kier alpha value is -4.52. The Balaban J connectivity index is 1.45. The maximum Gasteiger partial charge on any atom is 0.410 e. The van der Waals surface area contributed by atoms with Crippen LogP contribution in [-0.4, -0.2) is 103 Å². The molecule has 2 heterocycles. The zero-order chi connectivity index (χ0) is 36.7. The fraction of sp³-hybridized carbons (Fsp3) is 0.487. The molecule has 12 nitrogen and oxygen atoms in total. The molecule has 2 unspecified atom stereocenters. The SMILES string of the molecule is CCN(c1ccc2c(c1)N(CCCOC)C(O)CO2)C(O)[C@H]1CN(C(=O)OC(C)(C)C)CC[C@@H]1c1cccc(-c2ccc(OCC(=O)O)cc2)c1. The van der Waals surface area contributed by atoms with Gasteiger partial charge >= 0.3 is 12.1 Å². The summed E-state index contributed by atoms with van der Waals surface area (Å²) in [6.45, 7) is 9.63. The van der Waals surface area contributed by atoms with Crippen LogP contribution in [0.1, 0.15) is 52.0 Å². The van der Waals surface area contributed by atoms with E-state index in [1.165, 1.54) is 0 Å². The van der Waals surface area contributed by atoms with Gasteiger partial charge < -0.3 is 49.0 Å². The average molecular weight is 706 g/mol. The molecule has 3 aromatic carbocycles. The number of benzene rings is 3. The molecule has 1 fully saturated rings. The Bertz CT molecular complexity index is 1630. The summed E-state index contributed by atoms with van der Waals surface area (Å²) < 4.78 is 22.2. The second-order valence-electron chi connectivity index (χ2n) is 14.0. The monoisotopic (exact) mass is 705 g/mol. The molecule has 0 aromatic heterocycles. The summed E-state index contributed by atoms with van der Waals surface area (Å²) in [5, 5.41) is 32.1. The molecule has 2 aliphatic heterocycles. The number of likely N-dealkylation sites (tertiary alicyclic amines) is 1. The van der Waals surface area contributed by atoms with E-state index in [-0.39, 0.29) is 25.0 Å². The minimum atomic E-state index is -1.04. The normalized spacial score (nSPS) is 19.5. The smallest absolute Gasteiger partial charge is 0.410 e. The number of rotatable bonds is 13. The number of methoxy groups -OCH3 is 1. The van der Waals surface area contributed by atoms with Crippen LogP contribution in [0.2, 0.25) is 0 Å². The quantitative estimate of drug-likeness (QED) is 0.152.